The summed E-state index contributed by atoms with van der Waals surface area (Å²) in [6, 6.07) is 2.64. The fraction of sp³-hybridized carbons (Fsp3) is 0.182. The summed E-state index contributed by atoms with van der Waals surface area (Å²) in [4.78, 5) is 10.8. The number of rotatable bonds is 2. The van der Waals surface area contributed by atoms with E-state index in [9.17, 15) is 9.18 Å². The Hall–Kier alpha value is -1.35. The van der Waals surface area contributed by atoms with Crippen molar-refractivity contribution in [3.05, 3.63) is 35.1 Å². The van der Waals surface area contributed by atoms with Crippen LogP contribution in [0.3, 0.4) is 0 Å². The first kappa shape index (κ1) is 11.7. The van der Waals surface area contributed by atoms with Gasteiger partial charge in [0.05, 0.1) is 10.7 Å². The fourth-order valence-electron chi connectivity index (χ4n) is 1.16. The standard InChI is InChI=1S/C11H11ClFNO/c1-6(2)8-4-11(14-7(3)15)10(13)5-9(8)12/h4-5H,1H2,2-3H3,(H,14,15). The van der Waals surface area contributed by atoms with Gasteiger partial charge in [0.1, 0.15) is 5.82 Å². The van der Waals surface area contributed by atoms with Crippen molar-refractivity contribution in [2.75, 3.05) is 5.32 Å². The van der Waals surface area contributed by atoms with E-state index in [1.165, 1.54) is 13.0 Å². The molecule has 1 rings (SSSR count). The second-order valence-electron chi connectivity index (χ2n) is 3.27. The average molecular weight is 228 g/mol. The van der Waals surface area contributed by atoms with E-state index >= 15 is 0 Å². The highest BCUT2D eigenvalue weighted by Crippen LogP contribution is 2.28. The molecular weight excluding hydrogens is 217 g/mol. The van der Waals surface area contributed by atoms with E-state index < -0.39 is 5.82 Å². The summed E-state index contributed by atoms with van der Waals surface area (Å²) in [5.74, 6) is -0.885. The predicted molar refractivity (Wildman–Crippen MR) is 60.4 cm³/mol. The number of hydrogen-bond donors (Lipinski definition) is 1. The summed E-state index contributed by atoms with van der Waals surface area (Å²) < 4.78 is 13.3. The molecule has 80 valence electrons. The summed E-state index contributed by atoms with van der Waals surface area (Å²) in [6.45, 7) is 6.79. The first-order valence-electron chi connectivity index (χ1n) is 4.34. The topological polar surface area (TPSA) is 29.1 Å². The molecule has 0 atom stereocenters. The zero-order chi connectivity index (χ0) is 11.6. The quantitative estimate of drug-likeness (QED) is 0.824. The Bertz CT molecular complexity index is 429. The largest absolute Gasteiger partial charge is 0.324 e. The molecule has 1 N–H and O–H groups in total. The number of anilines is 1. The first-order valence-corrected chi connectivity index (χ1v) is 4.72. The van der Waals surface area contributed by atoms with Gasteiger partial charge in [-0.05, 0) is 30.2 Å². The Morgan fingerprint density at radius 2 is 2.07 bits per heavy atom. The van der Waals surface area contributed by atoms with Gasteiger partial charge in [-0.2, -0.15) is 0 Å². The van der Waals surface area contributed by atoms with Crippen LogP contribution in [0.15, 0.2) is 18.7 Å². The Kier molecular flexibility index (Phi) is 3.48. The lowest BCUT2D eigenvalue weighted by Gasteiger charge is -2.09. The first-order chi connectivity index (χ1) is 6.91. The van der Waals surface area contributed by atoms with Crippen molar-refractivity contribution >= 4 is 28.8 Å². The van der Waals surface area contributed by atoms with E-state index in [2.05, 4.69) is 11.9 Å². The van der Waals surface area contributed by atoms with Crippen molar-refractivity contribution in [3.8, 4) is 0 Å². The Balaban J connectivity index is 3.23. The van der Waals surface area contributed by atoms with Crippen molar-refractivity contribution < 1.29 is 9.18 Å². The maximum Gasteiger partial charge on any atom is 0.221 e. The van der Waals surface area contributed by atoms with Crippen LogP contribution >= 0.6 is 11.6 Å². The molecule has 0 saturated heterocycles. The van der Waals surface area contributed by atoms with Crippen molar-refractivity contribution in [2.24, 2.45) is 0 Å². The van der Waals surface area contributed by atoms with E-state index in [1.807, 2.05) is 0 Å². The Labute approximate surface area is 92.7 Å². The van der Waals surface area contributed by atoms with Crippen molar-refractivity contribution in [1.82, 2.24) is 0 Å². The average Bonchev–Trinajstić information content (AvgIpc) is 2.08. The van der Waals surface area contributed by atoms with Gasteiger partial charge in [0, 0.05) is 6.92 Å². The van der Waals surface area contributed by atoms with Crippen LogP contribution in [0.5, 0.6) is 0 Å². The molecule has 0 aliphatic heterocycles. The van der Waals surface area contributed by atoms with E-state index in [-0.39, 0.29) is 16.6 Å². The second kappa shape index (κ2) is 4.45. The van der Waals surface area contributed by atoms with Gasteiger partial charge in [-0.15, -0.1) is 0 Å². The van der Waals surface area contributed by atoms with Crippen LogP contribution in [-0.2, 0) is 4.79 Å². The molecule has 15 heavy (non-hydrogen) atoms. The fourth-order valence-corrected chi connectivity index (χ4v) is 1.47. The number of hydrogen-bond acceptors (Lipinski definition) is 1. The molecule has 1 aromatic rings. The molecule has 0 unspecified atom stereocenters. The SMILES string of the molecule is C=C(C)c1cc(NC(C)=O)c(F)cc1Cl. The van der Waals surface area contributed by atoms with Gasteiger partial charge < -0.3 is 5.32 Å². The summed E-state index contributed by atoms with van der Waals surface area (Å²) in [7, 11) is 0. The molecule has 2 nitrogen and oxygen atoms in total. The number of amides is 1. The highest BCUT2D eigenvalue weighted by atomic mass is 35.5. The van der Waals surface area contributed by atoms with Crippen LogP contribution in [0.4, 0.5) is 10.1 Å². The minimum atomic E-state index is -0.555. The minimum Gasteiger partial charge on any atom is -0.324 e. The lowest BCUT2D eigenvalue weighted by molar-refractivity contribution is -0.114. The van der Waals surface area contributed by atoms with Crippen LogP contribution in [0.1, 0.15) is 19.4 Å². The van der Waals surface area contributed by atoms with Gasteiger partial charge in [0.2, 0.25) is 5.91 Å². The number of halogens is 2. The maximum absolute atomic E-state index is 13.3. The van der Waals surface area contributed by atoms with E-state index in [0.717, 1.165) is 6.07 Å². The van der Waals surface area contributed by atoms with Gasteiger partial charge >= 0.3 is 0 Å². The van der Waals surface area contributed by atoms with Gasteiger partial charge in [0.15, 0.2) is 0 Å². The smallest absolute Gasteiger partial charge is 0.221 e. The van der Waals surface area contributed by atoms with Gasteiger partial charge in [-0.25, -0.2) is 4.39 Å². The second-order valence-corrected chi connectivity index (χ2v) is 3.68. The molecule has 0 heterocycles. The number of carbonyl (C=O) groups excluding carboxylic acids is 1. The third kappa shape index (κ3) is 2.80. The minimum absolute atomic E-state index is 0.116. The van der Waals surface area contributed by atoms with Crippen LogP contribution in [-0.4, -0.2) is 5.91 Å². The van der Waals surface area contributed by atoms with Crippen LogP contribution in [0.25, 0.3) is 5.57 Å². The molecule has 1 amide bonds. The lowest BCUT2D eigenvalue weighted by Crippen LogP contribution is -2.08. The van der Waals surface area contributed by atoms with Crippen LogP contribution in [0.2, 0.25) is 5.02 Å². The van der Waals surface area contributed by atoms with E-state index in [0.29, 0.717) is 11.1 Å². The summed E-state index contributed by atoms with van der Waals surface area (Å²) in [6.07, 6.45) is 0. The number of allylic oxidation sites excluding steroid dienone is 1. The molecule has 0 bridgehead atoms. The zero-order valence-corrected chi connectivity index (χ0v) is 9.28. The molecule has 0 aliphatic carbocycles. The monoisotopic (exact) mass is 227 g/mol. The molecule has 4 heteroatoms. The van der Waals surface area contributed by atoms with Gasteiger partial charge in [-0.3, -0.25) is 4.79 Å². The third-order valence-corrected chi connectivity index (χ3v) is 2.14. The van der Waals surface area contributed by atoms with E-state index in [4.69, 9.17) is 11.6 Å². The lowest BCUT2D eigenvalue weighted by atomic mass is 10.1. The number of benzene rings is 1. The van der Waals surface area contributed by atoms with Crippen molar-refractivity contribution in [3.63, 3.8) is 0 Å². The van der Waals surface area contributed by atoms with Gasteiger partial charge in [-0.1, -0.05) is 18.2 Å². The van der Waals surface area contributed by atoms with E-state index in [1.54, 1.807) is 6.92 Å². The molecule has 0 fully saturated rings. The summed E-state index contributed by atoms with van der Waals surface area (Å²) >= 11 is 5.82. The highest BCUT2D eigenvalue weighted by Gasteiger charge is 2.09. The molecule has 0 saturated carbocycles. The van der Waals surface area contributed by atoms with Gasteiger partial charge in [0.25, 0.3) is 0 Å². The predicted octanol–water partition coefficient (Wildman–Crippen LogP) is 3.47. The third-order valence-electron chi connectivity index (χ3n) is 1.83. The maximum atomic E-state index is 13.3. The summed E-state index contributed by atoms with van der Waals surface area (Å²) in [5, 5.41) is 2.67. The molecular formula is C11H11ClFNO. The molecule has 0 aliphatic rings. The highest BCUT2D eigenvalue weighted by molar-refractivity contribution is 6.32. The molecule has 0 aromatic heterocycles. The van der Waals surface area contributed by atoms with Crippen LogP contribution in [0, 0.1) is 5.82 Å². The number of nitrogens with one attached hydrogen (secondary N) is 1. The molecule has 0 spiro atoms. The molecule has 1 aromatic carbocycles. The Morgan fingerprint density at radius 1 is 1.47 bits per heavy atom. The van der Waals surface area contributed by atoms with Crippen molar-refractivity contribution in [2.45, 2.75) is 13.8 Å². The van der Waals surface area contributed by atoms with Crippen LogP contribution < -0.4 is 5.32 Å². The molecule has 0 radical (unpaired) electrons. The zero-order valence-electron chi connectivity index (χ0n) is 8.53. The van der Waals surface area contributed by atoms with Crippen molar-refractivity contribution in [1.29, 1.82) is 0 Å². The number of carbonyl (C=O) groups is 1. The Morgan fingerprint density at radius 3 is 2.53 bits per heavy atom. The summed E-state index contributed by atoms with van der Waals surface area (Å²) in [5.41, 5.74) is 1.46. The normalized spacial score (nSPS) is 9.87.